The van der Waals surface area contributed by atoms with E-state index in [1.807, 2.05) is 13.8 Å². The summed E-state index contributed by atoms with van der Waals surface area (Å²) in [6.45, 7) is 5.78. The molecule has 1 aliphatic heterocycles. The first-order valence-corrected chi connectivity index (χ1v) is 8.07. The number of hydrogen-bond donors (Lipinski definition) is 2. The fraction of sp³-hybridized carbons (Fsp3) is 0.500. The number of rotatable bonds is 3. The molecule has 0 fully saturated rings. The Morgan fingerprint density at radius 2 is 2.30 bits per heavy atom. The Labute approximate surface area is 124 Å². The first-order chi connectivity index (χ1) is 9.65. The average molecular weight is 309 g/mol. The standard InChI is InChI=1S/C12H15N5OS2/c1-6(2)9-10(20-17-16-9)11(18)15-12-14-7-3-4-13-5-8(7)19-12/h6,13H,3-5H2,1-2H3,(H,14,15,18). The molecule has 0 atom stereocenters. The molecule has 0 saturated heterocycles. The summed E-state index contributed by atoms with van der Waals surface area (Å²) in [4.78, 5) is 18.6. The van der Waals surface area contributed by atoms with Crippen LogP contribution in [0.15, 0.2) is 0 Å². The van der Waals surface area contributed by atoms with Crippen molar-refractivity contribution in [3.05, 3.63) is 21.1 Å². The zero-order valence-corrected chi connectivity index (χ0v) is 12.9. The summed E-state index contributed by atoms with van der Waals surface area (Å²) in [7, 11) is 0. The molecule has 6 nitrogen and oxygen atoms in total. The molecule has 0 saturated carbocycles. The number of aromatic nitrogens is 3. The highest BCUT2D eigenvalue weighted by Gasteiger charge is 2.21. The average Bonchev–Trinajstić information content (AvgIpc) is 3.04. The predicted octanol–water partition coefficient (Wildman–Crippen LogP) is 2.02. The van der Waals surface area contributed by atoms with Crippen LogP contribution in [0.25, 0.3) is 0 Å². The van der Waals surface area contributed by atoms with E-state index in [0.717, 1.165) is 42.4 Å². The lowest BCUT2D eigenvalue weighted by molar-refractivity contribution is 0.102. The van der Waals surface area contributed by atoms with Crippen molar-refractivity contribution in [2.24, 2.45) is 0 Å². The fourth-order valence-corrected chi connectivity index (χ4v) is 3.75. The smallest absolute Gasteiger partial charge is 0.271 e. The van der Waals surface area contributed by atoms with Crippen molar-refractivity contribution in [2.75, 3.05) is 11.9 Å². The molecule has 106 valence electrons. The highest BCUT2D eigenvalue weighted by molar-refractivity contribution is 7.16. The van der Waals surface area contributed by atoms with Crippen molar-refractivity contribution in [3.8, 4) is 0 Å². The van der Waals surface area contributed by atoms with Gasteiger partial charge >= 0.3 is 0 Å². The van der Waals surface area contributed by atoms with Crippen LogP contribution in [-0.2, 0) is 13.0 Å². The second-order valence-electron chi connectivity index (χ2n) is 4.91. The second-order valence-corrected chi connectivity index (χ2v) is 6.75. The maximum atomic E-state index is 12.3. The molecule has 20 heavy (non-hydrogen) atoms. The molecule has 8 heteroatoms. The summed E-state index contributed by atoms with van der Waals surface area (Å²) >= 11 is 2.66. The Kier molecular flexibility index (Phi) is 3.77. The topological polar surface area (TPSA) is 79.8 Å². The van der Waals surface area contributed by atoms with E-state index in [1.165, 1.54) is 16.2 Å². The molecule has 3 heterocycles. The molecule has 0 aliphatic carbocycles. The van der Waals surface area contributed by atoms with E-state index < -0.39 is 0 Å². The number of hydrogen-bond acceptors (Lipinski definition) is 7. The van der Waals surface area contributed by atoms with E-state index in [0.29, 0.717) is 10.0 Å². The van der Waals surface area contributed by atoms with Gasteiger partial charge in [-0.25, -0.2) is 4.98 Å². The molecule has 0 unspecified atom stereocenters. The largest absolute Gasteiger partial charge is 0.311 e. The molecule has 1 aliphatic rings. The van der Waals surface area contributed by atoms with Crippen LogP contribution in [0.5, 0.6) is 0 Å². The number of nitrogens with zero attached hydrogens (tertiary/aromatic N) is 3. The second kappa shape index (κ2) is 5.55. The highest BCUT2D eigenvalue weighted by Crippen LogP contribution is 2.27. The fourth-order valence-electron chi connectivity index (χ4n) is 2.07. The van der Waals surface area contributed by atoms with Crippen LogP contribution < -0.4 is 10.6 Å². The maximum Gasteiger partial charge on any atom is 0.271 e. The lowest BCUT2D eigenvalue weighted by Gasteiger charge is -2.09. The summed E-state index contributed by atoms with van der Waals surface area (Å²) in [5, 5.41) is 10.9. The van der Waals surface area contributed by atoms with E-state index in [2.05, 4.69) is 25.2 Å². The van der Waals surface area contributed by atoms with Gasteiger partial charge in [0.25, 0.3) is 5.91 Å². The van der Waals surface area contributed by atoms with Gasteiger partial charge in [-0.1, -0.05) is 18.3 Å². The maximum absolute atomic E-state index is 12.3. The van der Waals surface area contributed by atoms with Crippen molar-refractivity contribution in [1.29, 1.82) is 0 Å². The zero-order valence-electron chi connectivity index (χ0n) is 11.3. The van der Waals surface area contributed by atoms with Crippen LogP contribution in [0.4, 0.5) is 5.13 Å². The van der Waals surface area contributed by atoms with Gasteiger partial charge in [0.2, 0.25) is 0 Å². The lowest BCUT2D eigenvalue weighted by atomic mass is 10.1. The van der Waals surface area contributed by atoms with Gasteiger partial charge in [-0.3, -0.25) is 10.1 Å². The molecular formula is C12H15N5OS2. The Balaban J connectivity index is 1.78. The van der Waals surface area contributed by atoms with E-state index in [1.54, 1.807) is 0 Å². The van der Waals surface area contributed by atoms with Crippen molar-refractivity contribution >= 4 is 33.9 Å². The zero-order chi connectivity index (χ0) is 14.1. The summed E-state index contributed by atoms with van der Waals surface area (Å²) in [5.74, 6) is 0.0194. The van der Waals surface area contributed by atoms with Gasteiger partial charge in [-0.15, -0.1) is 16.4 Å². The normalized spacial score (nSPS) is 14.3. The van der Waals surface area contributed by atoms with Crippen molar-refractivity contribution in [2.45, 2.75) is 32.7 Å². The number of fused-ring (bicyclic) bond motifs is 1. The molecule has 2 N–H and O–H groups in total. The van der Waals surface area contributed by atoms with Gasteiger partial charge in [0, 0.05) is 24.4 Å². The number of thiazole rings is 1. The van der Waals surface area contributed by atoms with Gasteiger partial charge in [-0.2, -0.15) is 0 Å². The molecular weight excluding hydrogens is 294 g/mol. The number of carbonyl (C=O) groups excluding carboxylic acids is 1. The van der Waals surface area contributed by atoms with Gasteiger partial charge in [0.15, 0.2) is 5.13 Å². The Morgan fingerprint density at radius 3 is 3.05 bits per heavy atom. The van der Waals surface area contributed by atoms with Crippen LogP contribution in [0.2, 0.25) is 0 Å². The van der Waals surface area contributed by atoms with Crippen molar-refractivity contribution in [3.63, 3.8) is 0 Å². The molecule has 2 aromatic rings. The Bertz CT molecular complexity index is 610. The first kappa shape index (κ1) is 13.6. The molecule has 0 radical (unpaired) electrons. The molecule has 3 rings (SSSR count). The molecule has 0 aromatic carbocycles. The van der Waals surface area contributed by atoms with Crippen LogP contribution in [0.3, 0.4) is 0 Å². The SMILES string of the molecule is CC(C)c1nnsc1C(=O)Nc1nc2c(s1)CNCC2. The number of carbonyl (C=O) groups is 1. The van der Waals surface area contributed by atoms with E-state index in [-0.39, 0.29) is 11.8 Å². The Morgan fingerprint density at radius 1 is 1.45 bits per heavy atom. The van der Waals surface area contributed by atoms with Crippen LogP contribution in [-0.4, -0.2) is 27.0 Å². The van der Waals surface area contributed by atoms with E-state index in [9.17, 15) is 4.79 Å². The third kappa shape index (κ3) is 2.58. The van der Waals surface area contributed by atoms with E-state index in [4.69, 9.17) is 0 Å². The molecule has 0 bridgehead atoms. The molecule has 1 amide bonds. The molecule has 2 aromatic heterocycles. The minimum Gasteiger partial charge on any atom is -0.311 e. The van der Waals surface area contributed by atoms with Gasteiger partial charge in [0.1, 0.15) is 4.88 Å². The minimum absolute atomic E-state index is 0.164. The van der Waals surface area contributed by atoms with Crippen LogP contribution in [0.1, 0.15) is 45.7 Å². The Hall–Kier alpha value is -1.38. The predicted molar refractivity (Wildman–Crippen MR) is 79.5 cm³/mol. The third-order valence-corrected chi connectivity index (χ3v) is 4.84. The van der Waals surface area contributed by atoms with Gasteiger partial charge < -0.3 is 5.32 Å². The van der Waals surface area contributed by atoms with Crippen LogP contribution >= 0.6 is 22.9 Å². The van der Waals surface area contributed by atoms with Crippen molar-refractivity contribution < 1.29 is 4.79 Å². The van der Waals surface area contributed by atoms with Crippen molar-refractivity contribution in [1.82, 2.24) is 19.9 Å². The van der Waals surface area contributed by atoms with Gasteiger partial charge in [0.05, 0.1) is 11.4 Å². The summed E-state index contributed by atoms with van der Waals surface area (Å²) in [5.41, 5.74) is 1.84. The number of nitrogens with one attached hydrogen (secondary N) is 2. The first-order valence-electron chi connectivity index (χ1n) is 6.48. The summed E-state index contributed by atoms with van der Waals surface area (Å²) in [6, 6.07) is 0. The number of amides is 1. The molecule has 0 spiro atoms. The quantitative estimate of drug-likeness (QED) is 0.906. The summed E-state index contributed by atoms with van der Waals surface area (Å²) in [6.07, 6.45) is 0.918. The van der Waals surface area contributed by atoms with Crippen LogP contribution in [0, 0.1) is 0 Å². The minimum atomic E-state index is -0.164. The lowest BCUT2D eigenvalue weighted by Crippen LogP contribution is -2.22. The number of anilines is 1. The summed E-state index contributed by atoms with van der Waals surface area (Å²) < 4.78 is 3.88. The monoisotopic (exact) mass is 309 g/mol. The van der Waals surface area contributed by atoms with E-state index >= 15 is 0 Å². The van der Waals surface area contributed by atoms with Gasteiger partial charge in [-0.05, 0) is 17.5 Å². The highest BCUT2D eigenvalue weighted by atomic mass is 32.1. The third-order valence-electron chi connectivity index (χ3n) is 3.09.